The van der Waals surface area contributed by atoms with Crippen molar-refractivity contribution in [1.82, 2.24) is 4.90 Å². The fourth-order valence-electron chi connectivity index (χ4n) is 2.82. The molecule has 0 bridgehead atoms. The number of unbranched alkanes of at least 4 members (excludes halogenated alkanes) is 1. The summed E-state index contributed by atoms with van der Waals surface area (Å²) in [6, 6.07) is 0. The van der Waals surface area contributed by atoms with Gasteiger partial charge in [-0.05, 0) is 12.8 Å². The number of rotatable bonds is 3. The molecule has 2 aliphatic rings. The molecule has 0 radical (unpaired) electrons. The van der Waals surface area contributed by atoms with Crippen molar-refractivity contribution in [3.8, 4) is 0 Å². The van der Waals surface area contributed by atoms with Crippen LogP contribution in [0.4, 0.5) is 13.6 Å². The third-order valence-corrected chi connectivity index (χ3v) is 3.69. The van der Waals surface area contributed by atoms with Crippen molar-refractivity contribution in [2.45, 2.75) is 45.0 Å². The molecule has 0 aromatic rings. The SMILES string of the molecule is CCCCOC(=O)N1CCC2(C1)CC(F)(F)C2. The Hall–Kier alpha value is -0.870. The lowest BCUT2D eigenvalue weighted by Crippen LogP contribution is -2.48. The fourth-order valence-corrected chi connectivity index (χ4v) is 2.82. The average molecular weight is 247 g/mol. The van der Waals surface area contributed by atoms with Crippen molar-refractivity contribution in [3.63, 3.8) is 0 Å². The van der Waals surface area contributed by atoms with Crippen LogP contribution in [-0.4, -0.2) is 36.6 Å². The van der Waals surface area contributed by atoms with Gasteiger partial charge in [-0.15, -0.1) is 0 Å². The second-order valence-electron chi connectivity index (χ2n) is 5.35. The second-order valence-corrected chi connectivity index (χ2v) is 5.35. The van der Waals surface area contributed by atoms with Crippen LogP contribution in [-0.2, 0) is 4.74 Å². The van der Waals surface area contributed by atoms with Crippen molar-refractivity contribution >= 4 is 6.09 Å². The Balaban J connectivity index is 1.76. The first-order chi connectivity index (χ1) is 7.96. The van der Waals surface area contributed by atoms with E-state index >= 15 is 0 Å². The summed E-state index contributed by atoms with van der Waals surface area (Å²) in [6.07, 6.45) is 2.03. The first kappa shape index (κ1) is 12.6. The number of carbonyl (C=O) groups is 1. The van der Waals surface area contributed by atoms with Gasteiger partial charge in [0.2, 0.25) is 5.92 Å². The smallest absolute Gasteiger partial charge is 0.409 e. The summed E-state index contributed by atoms with van der Waals surface area (Å²) in [7, 11) is 0. The van der Waals surface area contributed by atoms with Crippen molar-refractivity contribution in [1.29, 1.82) is 0 Å². The van der Waals surface area contributed by atoms with Crippen LogP contribution in [0.1, 0.15) is 39.0 Å². The van der Waals surface area contributed by atoms with E-state index in [0.29, 0.717) is 26.1 Å². The molecule has 1 amide bonds. The molecule has 0 aromatic heterocycles. The molecule has 5 heteroatoms. The number of nitrogens with zero attached hydrogens (tertiary/aromatic N) is 1. The van der Waals surface area contributed by atoms with E-state index < -0.39 is 5.92 Å². The molecule has 1 heterocycles. The van der Waals surface area contributed by atoms with Crippen LogP contribution in [0.2, 0.25) is 0 Å². The van der Waals surface area contributed by atoms with E-state index in [4.69, 9.17) is 4.74 Å². The van der Waals surface area contributed by atoms with E-state index in [9.17, 15) is 13.6 Å². The van der Waals surface area contributed by atoms with Gasteiger partial charge in [0.25, 0.3) is 0 Å². The molecular formula is C12H19F2NO2. The van der Waals surface area contributed by atoms with Crippen LogP contribution < -0.4 is 0 Å². The molecule has 0 N–H and O–H groups in total. The van der Waals surface area contributed by atoms with E-state index in [0.717, 1.165) is 12.8 Å². The van der Waals surface area contributed by atoms with Crippen LogP contribution in [0.25, 0.3) is 0 Å². The maximum atomic E-state index is 12.9. The summed E-state index contributed by atoms with van der Waals surface area (Å²) in [5.41, 5.74) is -0.326. The number of carbonyl (C=O) groups excluding carboxylic acids is 1. The van der Waals surface area contributed by atoms with Crippen molar-refractivity contribution in [2.24, 2.45) is 5.41 Å². The third-order valence-electron chi connectivity index (χ3n) is 3.69. The molecule has 1 spiro atoms. The van der Waals surface area contributed by atoms with Gasteiger partial charge in [-0.1, -0.05) is 13.3 Å². The minimum absolute atomic E-state index is 0.0707. The summed E-state index contributed by atoms with van der Waals surface area (Å²) >= 11 is 0. The highest BCUT2D eigenvalue weighted by Crippen LogP contribution is 2.56. The Morgan fingerprint density at radius 2 is 2.12 bits per heavy atom. The minimum Gasteiger partial charge on any atom is -0.449 e. The van der Waals surface area contributed by atoms with E-state index in [1.54, 1.807) is 4.90 Å². The highest BCUT2D eigenvalue weighted by molar-refractivity contribution is 5.68. The quantitative estimate of drug-likeness (QED) is 0.717. The molecular weight excluding hydrogens is 228 g/mol. The van der Waals surface area contributed by atoms with Gasteiger partial charge in [0.05, 0.1) is 6.61 Å². The van der Waals surface area contributed by atoms with Gasteiger partial charge >= 0.3 is 6.09 Å². The Bertz CT molecular complexity index is 299. The molecule has 0 unspecified atom stereocenters. The summed E-state index contributed by atoms with van der Waals surface area (Å²) in [6.45, 7) is 3.44. The maximum absolute atomic E-state index is 12.9. The number of amides is 1. The standard InChI is InChI=1S/C12H19F2NO2/c1-2-3-6-17-10(16)15-5-4-11(9-15)7-12(13,14)8-11/h2-9H2,1H3. The van der Waals surface area contributed by atoms with Crippen LogP contribution in [0, 0.1) is 5.41 Å². The van der Waals surface area contributed by atoms with E-state index in [-0.39, 0.29) is 24.3 Å². The minimum atomic E-state index is -2.51. The number of hydrogen-bond donors (Lipinski definition) is 0. The molecule has 1 aliphatic carbocycles. The number of likely N-dealkylation sites (tertiary alicyclic amines) is 1. The van der Waals surface area contributed by atoms with E-state index in [1.165, 1.54) is 0 Å². The van der Waals surface area contributed by atoms with Crippen LogP contribution in [0.5, 0.6) is 0 Å². The molecule has 2 fully saturated rings. The predicted octanol–water partition coefficient (Wildman–Crippen LogP) is 3.04. The topological polar surface area (TPSA) is 29.5 Å². The lowest BCUT2D eigenvalue weighted by Gasteiger charge is -2.44. The molecule has 3 nitrogen and oxygen atoms in total. The monoisotopic (exact) mass is 247 g/mol. The van der Waals surface area contributed by atoms with Crippen LogP contribution in [0.3, 0.4) is 0 Å². The number of hydrogen-bond acceptors (Lipinski definition) is 2. The van der Waals surface area contributed by atoms with Gasteiger partial charge in [0, 0.05) is 31.3 Å². The van der Waals surface area contributed by atoms with Gasteiger partial charge in [-0.3, -0.25) is 0 Å². The van der Waals surface area contributed by atoms with Crippen molar-refractivity contribution in [2.75, 3.05) is 19.7 Å². The molecule has 1 saturated heterocycles. The van der Waals surface area contributed by atoms with Gasteiger partial charge in [0.1, 0.15) is 0 Å². The lowest BCUT2D eigenvalue weighted by atomic mass is 9.65. The molecule has 98 valence electrons. The fraction of sp³-hybridized carbons (Fsp3) is 0.917. The first-order valence-corrected chi connectivity index (χ1v) is 6.26. The second kappa shape index (κ2) is 4.42. The highest BCUT2D eigenvalue weighted by Gasteiger charge is 2.59. The molecule has 17 heavy (non-hydrogen) atoms. The van der Waals surface area contributed by atoms with E-state index in [2.05, 4.69) is 0 Å². The summed E-state index contributed by atoms with van der Waals surface area (Å²) in [5, 5.41) is 0. The molecule has 2 rings (SSSR count). The van der Waals surface area contributed by atoms with Gasteiger partial charge < -0.3 is 9.64 Å². The summed E-state index contributed by atoms with van der Waals surface area (Å²) in [5.74, 6) is -2.51. The molecule has 1 saturated carbocycles. The van der Waals surface area contributed by atoms with Crippen molar-refractivity contribution < 1.29 is 18.3 Å². The Morgan fingerprint density at radius 1 is 1.41 bits per heavy atom. The number of ether oxygens (including phenoxy) is 1. The molecule has 1 aliphatic heterocycles. The van der Waals surface area contributed by atoms with E-state index in [1.807, 2.05) is 6.92 Å². The Labute approximate surface area is 100 Å². The zero-order valence-electron chi connectivity index (χ0n) is 10.2. The van der Waals surface area contributed by atoms with Crippen LogP contribution >= 0.6 is 0 Å². The van der Waals surface area contributed by atoms with Gasteiger partial charge in [-0.2, -0.15) is 0 Å². The summed E-state index contributed by atoms with van der Waals surface area (Å²) in [4.78, 5) is 13.2. The molecule has 0 aromatic carbocycles. The molecule has 0 atom stereocenters. The average Bonchev–Trinajstić information content (AvgIpc) is 2.61. The largest absolute Gasteiger partial charge is 0.449 e. The predicted molar refractivity (Wildman–Crippen MR) is 59.1 cm³/mol. The van der Waals surface area contributed by atoms with Gasteiger partial charge in [0.15, 0.2) is 0 Å². The van der Waals surface area contributed by atoms with Crippen LogP contribution in [0.15, 0.2) is 0 Å². The normalized spacial score (nSPS) is 24.8. The Kier molecular flexibility index (Phi) is 3.27. The number of halogens is 2. The Morgan fingerprint density at radius 3 is 2.71 bits per heavy atom. The first-order valence-electron chi connectivity index (χ1n) is 6.26. The highest BCUT2D eigenvalue weighted by atomic mass is 19.3. The zero-order chi connectivity index (χ0) is 12.5. The van der Waals surface area contributed by atoms with Gasteiger partial charge in [-0.25, -0.2) is 13.6 Å². The third kappa shape index (κ3) is 2.69. The summed E-state index contributed by atoms with van der Waals surface area (Å²) < 4.78 is 30.8. The zero-order valence-corrected chi connectivity index (χ0v) is 10.2. The van der Waals surface area contributed by atoms with Crippen molar-refractivity contribution in [3.05, 3.63) is 0 Å². The maximum Gasteiger partial charge on any atom is 0.409 e. The lowest BCUT2D eigenvalue weighted by molar-refractivity contribution is -0.155. The number of alkyl halides is 2.